The molecule has 0 aliphatic heterocycles. The monoisotopic (exact) mass is 239 g/mol. The molecule has 3 N–H and O–H groups in total. The summed E-state index contributed by atoms with van der Waals surface area (Å²) in [6.07, 6.45) is 5.17. The van der Waals surface area contributed by atoms with Crippen LogP contribution in [0.3, 0.4) is 0 Å². The Kier molecular flexibility index (Phi) is 3.66. The summed E-state index contributed by atoms with van der Waals surface area (Å²) in [4.78, 5) is 4.06. The van der Waals surface area contributed by atoms with Gasteiger partial charge in [0.25, 0.3) is 0 Å². The lowest BCUT2D eigenvalue weighted by atomic mass is 10.0. The molecule has 1 fully saturated rings. The van der Waals surface area contributed by atoms with Crippen molar-refractivity contribution in [1.29, 1.82) is 0 Å². The van der Waals surface area contributed by atoms with Gasteiger partial charge in [-0.3, -0.25) is 0 Å². The fourth-order valence-electron chi connectivity index (χ4n) is 1.76. The Balaban J connectivity index is 1.88. The average molecular weight is 240 g/mol. The smallest absolute Gasteiger partial charge is 0.126 e. The van der Waals surface area contributed by atoms with Crippen LogP contribution in [0.25, 0.3) is 0 Å². The Morgan fingerprint density at radius 3 is 3.06 bits per heavy atom. The van der Waals surface area contributed by atoms with E-state index < -0.39 is 0 Å². The van der Waals surface area contributed by atoms with E-state index >= 15 is 0 Å². The molecule has 1 saturated carbocycles. The van der Waals surface area contributed by atoms with Crippen LogP contribution in [-0.2, 0) is 6.42 Å². The maximum atomic E-state index is 5.90. The summed E-state index contributed by atoms with van der Waals surface area (Å²) in [5.41, 5.74) is 6.87. The number of anilines is 1. The molecule has 4 heteroatoms. The fourth-order valence-corrected chi connectivity index (χ4v) is 1.94. The van der Waals surface area contributed by atoms with Crippen LogP contribution in [0.1, 0.15) is 25.3 Å². The van der Waals surface area contributed by atoms with Crippen molar-refractivity contribution in [3.05, 3.63) is 22.8 Å². The number of nitrogens with one attached hydrogen (secondary N) is 1. The summed E-state index contributed by atoms with van der Waals surface area (Å²) >= 11 is 5.90. The van der Waals surface area contributed by atoms with Gasteiger partial charge in [0.1, 0.15) is 5.82 Å². The van der Waals surface area contributed by atoms with E-state index in [2.05, 4.69) is 17.2 Å². The minimum absolute atomic E-state index is 0.558. The number of nitrogens with zero attached hydrogens (tertiary/aromatic N) is 1. The van der Waals surface area contributed by atoms with Gasteiger partial charge in [0.15, 0.2) is 0 Å². The molecule has 1 aliphatic rings. The minimum atomic E-state index is 0.558. The van der Waals surface area contributed by atoms with E-state index in [4.69, 9.17) is 17.3 Å². The predicted molar refractivity (Wildman–Crippen MR) is 67.6 cm³/mol. The van der Waals surface area contributed by atoms with Crippen LogP contribution in [-0.4, -0.2) is 17.6 Å². The third-order valence-corrected chi connectivity index (χ3v) is 3.08. The predicted octanol–water partition coefficient (Wildman–Crippen LogP) is 2.25. The Hall–Kier alpha value is -0.800. The van der Waals surface area contributed by atoms with Gasteiger partial charge in [0.2, 0.25) is 0 Å². The lowest BCUT2D eigenvalue weighted by Crippen LogP contribution is -2.24. The Morgan fingerprint density at radius 2 is 2.38 bits per heavy atom. The van der Waals surface area contributed by atoms with Gasteiger partial charge in [-0.05, 0) is 43.4 Å². The minimum Gasteiger partial charge on any atom is -0.383 e. The van der Waals surface area contributed by atoms with Crippen LogP contribution < -0.4 is 11.1 Å². The van der Waals surface area contributed by atoms with Crippen molar-refractivity contribution in [2.45, 2.75) is 32.2 Å². The van der Waals surface area contributed by atoms with Crippen LogP contribution in [0.4, 0.5) is 5.82 Å². The summed E-state index contributed by atoms with van der Waals surface area (Å²) < 4.78 is 0. The second-order valence-corrected chi connectivity index (χ2v) is 5.13. The zero-order valence-corrected chi connectivity index (χ0v) is 10.3. The molecule has 0 bridgehead atoms. The SMILES string of the molecule is CC(CNC1CC1)Cc1cc(Cl)cnc1N. The first kappa shape index (κ1) is 11.7. The topological polar surface area (TPSA) is 50.9 Å². The van der Waals surface area contributed by atoms with Gasteiger partial charge in [-0.2, -0.15) is 0 Å². The first-order chi connectivity index (χ1) is 7.65. The number of nitrogen functional groups attached to an aromatic ring is 1. The van der Waals surface area contributed by atoms with Crippen molar-refractivity contribution in [3.63, 3.8) is 0 Å². The second-order valence-electron chi connectivity index (χ2n) is 4.69. The van der Waals surface area contributed by atoms with Crippen LogP contribution >= 0.6 is 11.6 Å². The third kappa shape index (κ3) is 3.35. The number of nitrogens with two attached hydrogens (primary N) is 1. The quantitative estimate of drug-likeness (QED) is 0.829. The molecule has 0 amide bonds. The van der Waals surface area contributed by atoms with Crippen LogP contribution in [0, 0.1) is 5.92 Å². The van der Waals surface area contributed by atoms with E-state index in [9.17, 15) is 0 Å². The Labute approximate surface area is 101 Å². The highest BCUT2D eigenvalue weighted by atomic mass is 35.5. The normalized spacial score (nSPS) is 17.4. The van der Waals surface area contributed by atoms with Gasteiger partial charge >= 0.3 is 0 Å². The lowest BCUT2D eigenvalue weighted by molar-refractivity contribution is 0.509. The number of rotatable bonds is 5. The zero-order chi connectivity index (χ0) is 11.5. The van der Waals surface area contributed by atoms with Gasteiger partial charge in [-0.1, -0.05) is 18.5 Å². The molecule has 1 aromatic rings. The fraction of sp³-hybridized carbons (Fsp3) is 0.583. The maximum Gasteiger partial charge on any atom is 0.126 e. The van der Waals surface area contributed by atoms with Crippen molar-refractivity contribution in [3.8, 4) is 0 Å². The number of pyridine rings is 1. The molecule has 0 saturated heterocycles. The number of halogens is 1. The van der Waals surface area contributed by atoms with E-state index in [-0.39, 0.29) is 0 Å². The van der Waals surface area contributed by atoms with Crippen LogP contribution in [0.5, 0.6) is 0 Å². The van der Waals surface area contributed by atoms with E-state index in [1.165, 1.54) is 12.8 Å². The Morgan fingerprint density at radius 1 is 1.62 bits per heavy atom. The van der Waals surface area contributed by atoms with E-state index in [1.54, 1.807) is 6.20 Å². The zero-order valence-electron chi connectivity index (χ0n) is 9.54. The van der Waals surface area contributed by atoms with Crippen molar-refractivity contribution in [1.82, 2.24) is 10.3 Å². The van der Waals surface area contributed by atoms with Gasteiger partial charge in [0, 0.05) is 12.2 Å². The molecule has 2 rings (SSSR count). The van der Waals surface area contributed by atoms with Gasteiger partial charge in [-0.15, -0.1) is 0 Å². The lowest BCUT2D eigenvalue weighted by Gasteiger charge is -2.13. The third-order valence-electron chi connectivity index (χ3n) is 2.87. The van der Waals surface area contributed by atoms with E-state index in [0.29, 0.717) is 16.8 Å². The van der Waals surface area contributed by atoms with Crippen molar-refractivity contribution < 1.29 is 0 Å². The van der Waals surface area contributed by atoms with Gasteiger partial charge in [0.05, 0.1) is 5.02 Å². The second kappa shape index (κ2) is 5.02. The standard InChI is InChI=1S/C12H18ClN3/c1-8(6-15-11-2-3-11)4-9-5-10(13)7-16-12(9)14/h5,7-8,11,15H,2-4,6H2,1H3,(H2,14,16). The van der Waals surface area contributed by atoms with Crippen LogP contribution in [0.15, 0.2) is 12.3 Å². The molecule has 88 valence electrons. The largest absolute Gasteiger partial charge is 0.383 e. The molecule has 1 heterocycles. The molecule has 1 aromatic heterocycles. The molecular formula is C12H18ClN3. The molecule has 1 atom stereocenters. The van der Waals surface area contributed by atoms with E-state index in [1.807, 2.05) is 6.07 Å². The summed E-state index contributed by atoms with van der Waals surface area (Å²) in [6.45, 7) is 3.26. The first-order valence-electron chi connectivity index (χ1n) is 5.78. The first-order valence-corrected chi connectivity index (χ1v) is 6.16. The summed E-state index contributed by atoms with van der Waals surface area (Å²) in [5, 5.41) is 4.18. The summed E-state index contributed by atoms with van der Waals surface area (Å²) in [6, 6.07) is 2.68. The van der Waals surface area contributed by atoms with Crippen molar-refractivity contribution in [2.24, 2.45) is 5.92 Å². The molecule has 0 radical (unpaired) electrons. The molecule has 1 aliphatic carbocycles. The number of hydrogen-bond donors (Lipinski definition) is 2. The number of hydrogen-bond acceptors (Lipinski definition) is 3. The highest BCUT2D eigenvalue weighted by Crippen LogP contribution is 2.21. The molecule has 0 spiro atoms. The highest BCUT2D eigenvalue weighted by Gasteiger charge is 2.21. The molecule has 3 nitrogen and oxygen atoms in total. The molecular weight excluding hydrogens is 222 g/mol. The number of aromatic nitrogens is 1. The Bertz CT molecular complexity index is 363. The van der Waals surface area contributed by atoms with Crippen molar-refractivity contribution in [2.75, 3.05) is 12.3 Å². The molecule has 0 aromatic carbocycles. The van der Waals surface area contributed by atoms with Gasteiger partial charge < -0.3 is 11.1 Å². The average Bonchev–Trinajstić information content (AvgIpc) is 3.04. The van der Waals surface area contributed by atoms with Crippen molar-refractivity contribution >= 4 is 17.4 Å². The molecule has 1 unspecified atom stereocenters. The summed E-state index contributed by atoms with van der Waals surface area (Å²) in [7, 11) is 0. The maximum absolute atomic E-state index is 5.90. The highest BCUT2D eigenvalue weighted by molar-refractivity contribution is 6.30. The van der Waals surface area contributed by atoms with Crippen LogP contribution in [0.2, 0.25) is 5.02 Å². The van der Waals surface area contributed by atoms with E-state index in [0.717, 1.165) is 24.6 Å². The molecule has 16 heavy (non-hydrogen) atoms. The van der Waals surface area contributed by atoms with Gasteiger partial charge in [-0.25, -0.2) is 4.98 Å². The summed E-state index contributed by atoms with van der Waals surface area (Å²) in [5.74, 6) is 1.16.